The van der Waals surface area contributed by atoms with Crippen LogP contribution in [0.5, 0.6) is 0 Å². The molecule has 3 heterocycles. The van der Waals surface area contributed by atoms with Gasteiger partial charge in [-0.25, -0.2) is 26.8 Å². The number of alkyl halides is 3. The highest BCUT2D eigenvalue weighted by Gasteiger charge is 2.48. The summed E-state index contributed by atoms with van der Waals surface area (Å²) in [5, 5.41) is 4.22. The van der Waals surface area contributed by atoms with E-state index in [1.165, 1.54) is 34.8 Å². The number of sulfonamides is 1. The van der Waals surface area contributed by atoms with Crippen LogP contribution in [0.1, 0.15) is 69.2 Å². The van der Waals surface area contributed by atoms with Crippen LogP contribution in [0.15, 0.2) is 93.3 Å². The Morgan fingerprint density at radius 3 is 2.37 bits per heavy atom. The lowest BCUT2D eigenvalue weighted by molar-refractivity contribution is -0.0435. The molecule has 0 bridgehead atoms. The molecule has 4 aromatic rings. The van der Waals surface area contributed by atoms with Crippen LogP contribution in [-0.4, -0.2) is 112 Å². The molecule has 2 aliphatic heterocycles. The summed E-state index contributed by atoms with van der Waals surface area (Å²) in [6.45, 7) is 9.15. The lowest BCUT2D eigenvalue weighted by Crippen LogP contribution is -2.47. The highest BCUT2D eigenvalue weighted by Crippen LogP contribution is 2.44. The molecule has 19 heteroatoms. The number of benzene rings is 3. The number of halogens is 5. The van der Waals surface area contributed by atoms with E-state index < -0.39 is 41.2 Å². The highest BCUT2D eigenvalue weighted by molar-refractivity contribution is 7.99. The van der Waals surface area contributed by atoms with Gasteiger partial charge in [-0.3, -0.25) is 14.5 Å². The van der Waals surface area contributed by atoms with E-state index in [4.69, 9.17) is 23.2 Å². The van der Waals surface area contributed by atoms with E-state index in [-0.39, 0.29) is 16.9 Å². The third-order valence-electron chi connectivity index (χ3n) is 12.6. The van der Waals surface area contributed by atoms with Gasteiger partial charge in [-0.1, -0.05) is 66.9 Å². The number of likely N-dealkylation sites (tertiary alicyclic amines) is 1. The van der Waals surface area contributed by atoms with Crippen LogP contribution in [0.4, 0.5) is 24.7 Å². The molecule has 2 N–H and O–H groups in total. The van der Waals surface area contributed by atoms with Crippen molar-refractivity contribution < 1.29 is 30.0 Å². The third-order valence-corrected chi connectivity index (χ3v) is 17.3. The minimum Gasteiger partial charge on any atom is -0.380 e. The van der Waals surface area contributed by atoms with Crippen molar-refractivity contribution in [2.75, 3.05) is 62.6 Å². The fraction of sp³-hybridized carbons (Fsp3) is 0.478. The van der Waals surface area contributed by atoms with E-state index in [9.17, 15) is 30.0 Å². The maximum atomic E-state index is 14.2. The largest absolute Gasteiger partial charge is 0.501 e. The summed E-state index contributed by atoms with van der Waals surface area (Å²) in [4.78, 5) is 14.5. The van der Waals surface area contributed by atoms with Crippen LogP contribution < -0.4 is 10.0 Å². The predicted molar refractivity (Wildman–Crippen MR) is 255 cm³/mol. The summed E-state index contributed by atoms with van der Waals surface area (Å²) in [6, 6.07) is 17.8. The molecule has 0 radical (unpaired) electrons. The topological polar surface area (TPSA) is 128 Å². The second-order valence-corrected chi connectivity index (χ2v) is 23.7. The Morgan fingerprint density at radius 1 is 0.954 bits per heavy atom. The molecule has 1 fully saturated rings. The Balaban J connectivity index is 1.04. The van der Waals surface area contributed by atoms with Gasteiger partial charge >= 0.3 is 5.51 Å². The van der Waals surface area contributed by atoms with Gasteiger partial charge in [-0.05, 0) is 138 Å². The van der Waals surface area contributed by atoms with Crippen LogP contribution in [0, 0.1) is 5.41 Å². The monoisotopic (exact) mass is 993 g/mol. The molecule has 0 saturated carbocycles. The Labute approximate surface area is 395 Å². The number of piperidine rings is 1. The number of anilines is 2. The van der Waals surface area contributed by atoms with Crippen molar-refractivity contribution >= 4 is 71.9 Å². The zero-order valence-electron chi connectivity index (χ0n) is 37.0. The summed E-state index contributed by atoms with van der Waals surface area (Å²) in [6.07, 6.45) is 7.33. The van der Waals surface area contributed by atoms with Crippen LogP contribution in [0.25, 0.3) is 5.57 Å². The van der Waals surface area contributed by atoms with E-state index in [0.29, 0.717) is 66.6 Å². The Hall–Kier alpha value is -3.42. The minimum absolute atomic E-state index is 0.00710. The first-order valence-corrected chi connectivity index (χ1v) is 26.4. The number of nitrogens with zero attached hydrogens (tertiary/aromatic N) is 5. The van der Waals surface area contributed by atoms with Gasteiger partial charge in [0.15, 0.2) is 0 Å². The lowest BCUT2D eigenvalue weighted by Gasteiger charge is -2.41. The van der Waals surface area contributed by atoms with Crippen molar-refractivity contribution in [3.63, 3.8) is 0 Å². The summed E-state index contributed by atoms with van der Waals surface area (Å²) in [5.74, 6) is 0.330. The summed E-state index contributed by atoms with van der Waals surface area (Å²) in [7, 11) is -6.95. The van der Waals surface area contributed by atoms with E-state index >= 15 is 0 Å². The maximum Gasteiger partial charge on any atom is 0.501 e. The first-order valence-electron chi connectivity index (χ1n) is 21.7. The Kier molecular flexibility index (Phi) is 15.6. The molecule has 11 nitrogen and oxygen atoms in total. The molecule has 3 aliphatic rings. The summed E-state index contributed by atoms with van der Waals surface area (Å²) < 4.78 is 99.2. The molecule has 3 aromatic carbocycles. The molecule has 1 atom stereocenters. The van der Waals surface area contributed by atoms with Crippen molar-refractivity contribution in [3.05, 3.63) is 105 Å². The lowest BCUT2D eigenvalue weighted by atomic mass is 9.72. The molecule has 0 amide bonds. The molecule has 0 spiro atoms. The molecular weight excluding hydrogens is 939 g/mol. The van der Waals surface area contributed by atoms with Gasteiger partial charge in [0, 0.05) is 53.0 Å². The average Bonchev–Trinajstić information content (AvgIpc) is 3.25. The number of thioether (sulfide) groups is 1. The second kappa shape index (κ2) is 20.4. The number of hydrogen-bond donors (Lipinski definition) is 2. The van der Waals surface area contributed by atoms with Crippen molar-refractivity contribution in [2.45, 2.75) is 97.6 Å². The van der Waals surface area contributed by atoms with Crippen molar-refractivity contribution in [3.8, 4) is 0 Å². The van der Waals surface area contributed by atoms with E-state index in [1.807, 2.05) is 43.3 Å². The van der Waals surface area contributed by atoms with Crippen LogP contribution in [-0.2, 0) is 32.8 Å². The number of allylic oxidation sites excluding steroid dienone is 1. The first-order chi connectivity index (χ1) is 30.7. The highest BCUT2D eigenvalue weighted by atomic mass is 35.5. The summed E-state index contributed by atoms with van der Waals surface area (Å²) in [5.41, 5.74) is -0.412. The molecule has 1 saturated heterocycles. The molecule has 65 heavy (non-hydrogen) atoms. The Bertz CT molecular complexity index is 2590. The second-order valence-electron chi connectivity index (χ2n) is 18.2. The van der Waals surface area contributed by atoms with Gasteiger partial charge in [0.25, 0.3) is 19.9 Å². The quantitative estimate of drug-likeness (QED) is 0.104. The molecule has 352 valence electrons. The average molecular weight is 995 g/mol. The number of aromatic nitrogens is 2. The van der Waals surface area contributed by atoms with Gasteiger partial charge in [-0.15, -0.1) is 11.8 Å². The number of nitrogens with one attached hydrogen (secondary N) is 2. The van der Waals surface area contributed by atoms with Gasteiger partial charge in [0.2, 0.25) is 0 Å². The molecule has 1 unspecified atom stereocenters. The standard InChI is InChI=1S/C46H56Cl2F3N7O4S3/c1-45(2)20-15-32(38(26-45)31-9-11-33(47)12-10-31)27-57-22-17-35(18-23-57)58-24-19-37-41(28-58)52-30-53-44(37)55-65(61,62)36-13-14-40(43(25-36)64(59,60)46(49,50)51)54-34(16-21-56(3)4)29-63-42-8-6-5-7-39(42)48/h5-14,25,30,34-35,54H,15-24,26-29H2,1-4H3,(H,52,53,55). The van der Waals surface area contributed by atoms with Crippen LogP contribution >= 0.6 is 35.0 Å². The van der Waals surface area contributed by atoms with Crippen molar-refractivity contribution in [2.24, 2.45) is 5.41 Å². The third kappa shape index (κ3) is 12.2. The van der Waals surface area contributed by atoms with Crippen LogP contribution in [0.3, 0.4) is 0 Å². The van der Waals surface area contributed by atoms with E-state index in [0.717, 1.165) is 73.8 Å². The zero-order chi connectivity index (χ0) is 46.7. The van der Waals surface area contributed by atoms with Crippen molar-refractivity contribution in [1.29, 1.82) is 0 Å². The maximum absolute atomic E-state index is 14.2. The predicted octanol–water partition coefficient (Wildman–Crippen LogP) is 9.89. The molecule has 7 rings (SSSR count). The van der Waals surface area contributed by atoms with Crippen LogP contribution in [0.2, 0.25) is 10.0 Å². The first kappa shape index (κ1) is 49.5. The number of sulfone groups is 1. The van der Waals surface area contributed by atoms with Gasteiger partial charge in [-0.2, -0.15) is 13.2 Å². The van der Waals surface area contributed by atoms with Gasteiger partial charge in [0.05, 0.1) is 21.3 Å². The number of hydrogen-bond acceptors (Lipinski definition) is 11. The van der Waals surface area contributed by atoms with E-state index in [1.54, 1.807) is 12.1 Å². The number of rotatable bonds is 16. The minimum atomic E-state index is -6.01. The molecule has 1 aromatic heterocycles. The Morgan fingerprint density at radius 2 is 1.68 bits per heavy atom. The SMILES string of the molecule is CN(C)CCC(CSc1ccccc1Cl)Nc1ccc(S(=O)(=O)Nc2ncnc3c2CCN(C2CCN(CC4=C(c5ccc(Cl)cc5)CC(C)(C)CC4)CC2)C3)cc1S(=O)(=O)C(F)(F)F. The zero-order valence-corrected chi connectivity index (χ0v) is 40.9. The smallest absolute Gasteiger partial charge is 0.380 e. The van der Waals surface area contributed by atoms with Gasteiger partial charge in [0.1, 0.15) is 17.0 Å². The fourth-order valence-electron chi connectivity index (χ4n) is 8.86. The molecule has 1 aliphatic carbocycles. The van der Waals surface area contributed by atoms with Gasteiger partial charge < -0.3 is 10.2 Å². The van der Waals surface area contributed by atoms with Crippen molar-refractivity contribution in [1.82, 2.24) is 24.7 Å². The fourth-order valence-corrected chi connectivity index (χ4v) is 12.4. The summed E-state index contributed by atoms with van der Waals surface area (Å²) >= 11 is 13.9. The molecular formula is C46H56Cl2F3N7O4S3. The number of fused-ring (bicyclic) bond motifs is 1. The van der Waals surface area contributed by atoms with E-state index in [2.05, 4.69) is 55.8 Å². The normalized spacial score (nSPS) is 18.4.